The molecule has 0 aliphatic carbocycles. The summed E-state index contributed by atoms with van der Waals surface area (Å²) in [7, 11) is 0. The molecular weight excluding hydrogens is 135 g/mol. The summed E-state index contributed by atoms with van der Waals surface area (Å²) in [5, 5.41) is 6.52. The molecule has 0 amide bonds. The van der Waals surface area contributed by atoms with Gasteiger partial charge in [-0.3, -0.25) is 5.41 Å². The van der Waals surface area contributed by atoms with Gasteiger partial charge in [0.1, 0.15) is 0 Å². The molecule has 0 aromatic carbocycles. The molecule has 0 aromatic heterocycles. The van der Waals surface area contributed by atoms with Gasteiger partial charge >= 0.3 is 0 Å². The van der Waals surface area contributed by atoms with E-state index in [0.717, 1.165) is 0 Å². The van der Waals surface area contributed by atoms with Gasteiger partial charge in [-0.05, 0) is 0 Å². The Labute approximate surface area is 55.8 Å². The van der Waals surface area contributed by atoms with Crippen molar-refractivity contribution >= 4 is 30.6 Å². The molecule has 0 atom stereocenters. The third-order valence-corrected chi connectivity index (χ3v) is 0.381. The smallest absolute Gasteiger partial charge is 0.0902 e. The number of nitrogens with one attached hydrogen (secondary N) is 1. The van der Waals surface area contributed by atoms with E-state index in [-0.39, 0.29) is 30.6 Å². The fourth-order valence-corrected chi connectivity index (χ4v) is 0. The van der Waals surface area contributed by atoms with Gasteiger partial charge in [-0.1, -0.05) is 6.92 Å². The number of hydrogen-bond donors (Lipinski definition) is 2. The summed E-state index contributed by atoms with van der Waals surface area (Å²) in [5.74, 6) is 0.255. The largest absolute Gasteiger partial charge is 0.388 e. The summed E-state index contributed by atoms with van der Waals surface area (Å²) in [6, 6.07) is 0. The van der Waals surface area contributed by atoms with E-state index in [4.69, 9.17) is 11.1 Å². The molecular formula is C3H10Cl2N2. The van der Waals surface area contributed by atoms with Gasteiger partial charge in [0.15, 0.2) is 0 Å². The molecule has 0 aliphatic rings. The lowest BCUT2D eigenvalue weighted by Crippen LogP contribution is -2.05. The molecule has 2 nitrogen and oxygen atoms in total. The van der Waals surface area contributed by atoms with Crippen LogP contribution in [0.25, 0.3) is 0 Å². The van der Waals surface area contributed by atoms with Crippen LogP contribution in [0.4, 0.5) is 0 Å². The van der Waals surface area contributed by atoms with E-state index in [1.54, 1.807) is 0 Å². The first kappa shape index (κ1) is 15.7. The lowest BCUT2D eigenvalue weighted by atomic mass is 10.5. The molecule has 46 valence electrons. The highest BCUT2D eigenvalue weighted by atomic mass is 35.5. The van der Waals surface area contributed by atoms with Crippen LogP contribution in [0.3, 0.4) is 0 Å². The zero-order valence-corrected chi connectivity index (χ0v) is 5.73. The Hall–Kier alpha value is 0.0500. The molecule has 0 unspecified atom stereocenters. The molecule has 0 aromatic rings. The lowest BCUT2D eigenvalue weighted by Gasteiger charge is -1.79. The Morgan fingerprint density at radius 3 is 1.71 bits per heavy atom. The first-order valence-electron chi connectivity index (χ1n) is 1.60. The molecule has 0 radical (unpaired) electrons. The van der Waals surface area contributed by atoms with Crippen molar-refractivity contribution in [3.63, 3.8) is 0 Å². The zero-order chi connectivity index (χ0) is 4.28. The topological polar surface area (TPSA) is 49.9 Å². The van der Waals surface area contributed by atoms with Crippen LogP contribution < -0.4 is 5.73 Å². The minimum Gasteiger partial charge on any atom is -0.388 e. The van der Waals surface area contributed by atoms with Crippen molar-refractivity contribution in [1.82, 2.24) is 0 Å². The van der Waals surface area contributed by atoms with Crippen LogP contribution in [-0.2, 0) is 0 Å². The fraction of sp³-hybridized carbons (Fsp3) is 0.667. The Morgan fingerprint density at radius 1 is 1.57 bits per heavy atom. The number of amidine groups is 1. The number of nitrogens with two attached hydrogens (primary N) is 1. The minimum absolute atomic E-state index is 0. The monoisotopic (exact) mass is 144 g/mol. The van der Waals surface area contributed by atoms with Crippen LogP contribution >= 0.6 is 24.8 Å². The quantitative estimate of drug-likeness (QED) is 0.422. The third-order valence-electron chi connectivity index (χ3n) is 0.381. The van der Waals surface area contributed by atoms with E-state index in [9.17, 15) is 0 Å². The molecule has 0 saturated carbocycles. The second-order valence-electron chi connectivity index (χ2n) is 0.879. The van der Waals surface area contributed by atoms with Gasteiger partial charge in [0, 0.05) is 6.42 Å². The van der Waals surface area contributed by atoms with Crippen LogP contribution in [0.2, 0.25) is 0 Å². The van der Waals surface area contributed by atoms with Crippen molar-refractivity contribution in [2.75, 3.05) is 0 Å². The highest BCUT2D eigenvalue weighted by Gasteiger charge is 1.70. The van der Waals surface area contributed by atoms with E-state index in [2.05, 4.69) is 0 Å². The predicted molar refractivity (Wildman–Crippen MR) is 36.7 cm³/mol. The number of rotatable bonds is 1. The molecule has 0 rings (SSSR count). The lowest BCUT2D eigenvalue weighted by molar-refractivity contribution is 1.21. The van der Waals surface area contributed by atoms with Crippen LogP contribution in [0.1, 0.15) is 13.3 Å². The molecule has 0 spiro atoms. The van der Waals surface area contributed by atoms with E-state index >= 15 is 0 Å². The van der Waals surface area contributed by atoms with Gasteiger partial charge in [0.2, 0.25) is 0 Å². The summed E-state index contributed by atoms with van der Waals surface area (Å²) >= 11 is 0. The van der Waals surface area contributed by atoms with Gasteiger partial charge in [0.25, 0.3) is 0 Å². The zero-order valence-electron chi connectivity index (χ0n) is 4.10. The minimum atomic E-state index is 0. The van der Waals surface area contributed by atoms with Crippen molar-refractivity contribution in [2.45, 2.75) is 13.3 Å². The van der Waals surface area contributed by atoms with Crippen LogP contribution in [0.5, 0.6) is 0 Å². The fourth-order valence-electron chi connectivity index (χ4n) is 0. The van der Waals surface area contributed by atoms with E-state index < -0.39 is 0 Å². The van der Waals surface area contributed by atoms with Crippen LogP contribution in [0, 0.1) is 5.41 Å². The Kier molecular flexibility index (Phi) is 21.1. The van der Waals surface area contributed by atoms with E-state index in [0.29, 0.717) is 6.42 Å². The maximum atomic E-state index is 6.52. The van der Waals surface area contributed by atoms with Crippen molar-refractivity contribution in [2.24, 2.45) is 5.73 Å². The average molecular weight is 145 g/mol. The standard InChI is InChI=1S/C3H8N2.2ClH/c1-2-3(4)5;;/h2H2,1H3,(H3,4,5);2*1H. The summed E-state index contributed by atoms with van der Waals surface area (Å²) in [4.78, 5) is 0. The van der Waals surface area contributed by atoms with Gasteiger partial charge < -0.3 is 5.73 Å². The Morgan fingerprint density at radius 2 is 1.71 bits per heavy atom. The summed E-state index contributed by atoms with van der Waals surface area (Å²) in [6.07, 6.45) is 0.667. The molecule has 3 N–H and O–H groups in total. The molecule has 0 fully saturated rings. The third kappa shape index (κ3) is 23.6. The van der Waals surface area contributed by atoms with Crippen LogP contribution in [0.15, 0.2) is 0 Å². The molecule has 7 heavy (non-hydrogen) atoms. The maximum Gasteiger partial charge on any atom is 0.0902 e. The Bertz CT molecular complexity index is 46.2. The molecule has 0 saturated heterocycles. The van der Waals surface area contributed by atoms with Crippen molar-refractivity contribution < 1.29 is 0 Å². The second kappa shape index (κ2) is 9.41. The van der Waals surface area contributed by atoms with Gasteiger partial charge in [-0.2, -0.15) is 0 Å². The van der Waals surface area contributed by atoms with Crippen LogP contribution in [-0.4, -0.2) is 5.84 Å². The number of halogens is 2. The first-order chi connectivity index (χ1) is 2.27. The first-order valence-corrected chi connectivity index (χ1v) is 1.60. The van der Waals surface area contributed by atoms with E-state index in [1.807, 2.05) is 6.92 Å². The summed E-state index contributed by atoms with van der Waals surface area (Å²) < 4.78 is 0. The number of hydrogen-bond acceptors (Lipinski definition) is 1. The molecule has 0 heterocycles. The highest BCUT2D eigenvalue weighted by molar-refractivity contribution is 5.85. The predicted octanol–water partition coefficient (Wildman–Crippen LogP) is 1.18. The average Bonchev–Trinajstić information content (AvgIpc) is 1.38. The van der Waals surface area contributed by atoms with Gasteiger partial charge in [0.05, 0.1) is 5.84 Å². The normalized spacial score (nSPS) is 5.29. The second-order valence-corrected chi connectivity index (χ2v) is 0.879. The maximum absolute atomic E-state index is 6.52. The summed E-state index contributed by atoms with van der Waals surface area (Å²) in [6.45, 7) is 1.85. The van der Waals surface area contributed by atoms with Crippen molar-refractivity contribution in [3.8, 4) is 0 Å². The SMILES string of the molecule is CCC(=N)N.Cl.Cl. The molecule has 0 bridgehead atoms. The van der Waals surface area contributed by atoms with Crippen molar-refractivity contribution in [3.05, 3.63) is 0 Å². The summed E-state index contributed by atoms with van der Waals surface area (Å²) in [5.41, 5.74) is 4.88. The van der Waals surface area contributed by atoms with E-state index in [1.165, 1.54) is 0 Å². The van der Waals surface area contributed by atoms with Crippen molar-refractivity contribution in [1.29, 1.82) is 5.41 Å². The molecule has 0 aliphatic heterocycles. The van der Waals surface area contributed by atoms with Gasteiger partial charge in [-0.15, -0.1) is 24.8 Å². The molecule has 4 heteroatoms. The Balaban J connectivity index is -0.0000000800. The van der Waals surface area contributed by atoms with Gasteiger partial charge in [-0.25, -0.2) is 0 Å². The highest BCUT2D eigenvalue weighted by Crippen LogP contribution is 1.64.